The maximum Gasteiger partial charge on any atom is 0.328 e. The number of aliphatic carboxylic acids is 1. The largest absolute Gasteiger partial charge is 0.478 e. The molecule has 0 aliphatic rings. The standard InChI is InChI=1S/C16H12N2O4S/c19-15(20)7-6-12-10-13-8-9-18(16(13)17-11-12)23(21,22)14-4-2-1-3-5-14/h1-11H,(H,19,20). The van der Waals surface area contributed by atoms with Crippen LogP contribution in [0.3, 0.4) is 0 Å². The Morgan fingerprint density at radius 3 is 2.61 bits per heavy atom. The van der Waals surface area contributed by atoms with Crippen LogP contribution in [0.5, 0.6) is 0 Å². The molecule has 0 aliphatic carbocycles. The highest BCUT2D eigenvalue weighted by Crippen LogP contribution is 2.21. The Kier molecular flexibility index (Phi) is 3.71. The molecule has 116 valence electrons. The molecule has 2 heterocycles. The first-order valence-electron chi connectivity index (χ1n) is 6.67. The van der Waals surface area contributed by atoms with Gasteiger partial charge in [0.05, 0.1) is 4.90 Å². The van der Waals surface area contributed by atoms with Gasteiger partial charge in [0, 0.05) is 23.9 Å². The van der Waals surface area contributed by atoms with Gasteiger partial charge in [0.1, 0.15) is 0 Å². The minimum absolute atomic E-state index is 0.175. The van der Waals surface area contributed by atoms with Crippen LogP contribution < -0.4 is 0 Å². The van der Waals surface area contributed by atoms with Crippen molar-refractivity contribution < 1.29 is 18.3 Å². The molecule has 0 bridgehead atoms. The van der Waals surface area contributed by atoms with Crippen LogP contribution in [-0.4, -0.2) is 28.5 Å². The van der Waals surface area contributed by atoms with Crippen LogP contribution in [0.1, 0.15) is 5.56 Å². The molecule has 0 aliphatic heterocycles. The van der Waals surface area contributed by atoms with Crippen molar-refractivity contribution in [1.29, 1.82) is 0 Å². The molecule has 0 spiro atoms. The average molecular weight is 328 g/mol. The zero-order chi connectivity index (χ0) is 16.4. The first-order valence-corrected chi connectivity index (χ1v) is 8.11. The number of aromatic nitrogens is 2. The second-order valence-corrected chi connectivity index (χ2v) is 6.60. The topological polar surface area (TPSA) is 89.3 Å². The van der Waals surface area contributed by atoms with Crippen LogP contribution in [0, 0.1) is 0 Å². The van der Waals surface area contributed by atoms with Crippen LogP contribution in [0.15, 0.2) is 65.8 Å². The summed E-state index contributed by atoms with van der Waals surface area (Å²) in [5, 5.41) is 9.24. The molecule has 0 saturated heterocycles. The molecule has 0 saturated carbocycles. The zero-order valence-electron chi connectivity index (χ0n) is 11.8. The number of carboxylic acid groups (broad SMARTS) is 1. The molecule has 2 aromatic heterocycles. The average Bonchev–Trinajstić information content (AvgIpc) is 2.97. The number of rotatable bonds is 4. The van der Waals surface area contributed by atoms with Crippen LogP contribution >= 0.6 is 0 Å². The number of benzene rings is 1. The van der Waals surface area contributed by atoms with E-state index < -0.39 is 16.0 Å². The second kappa shape index (κ2) is 5.69. The molecule has 23 heavy (non-hydrogen) atoms. The van der Waals surface area contributed by atoms with Gasteiger partial charge in [-0.05, 0) is 35.9 Å². The summed E-state index contributed by atoms with van der Waals surface area (Å²) in [6.45, 7) is 0. The van der Waals surface area contributed by atoms with E-state index in [2.05, 4.69) is 4.98 Å². The van der Waals surface area contributed by atoms with Crippen molar-refractivity contribution in [2.45, 2.75) is 4.90 Å². The lowest BCUT2D eigenvalue weighted by Crippen LogP contribution is -2.12. The van der Waals surface area contributed by atoms with Crippen LogP contribution in [0.25, 0.3) is 17.1 Å². The molecule has 0 atom stereocenters. The van der Waals surface area contributed by atoms with Crippen LogP contribution in [0.4, 0.5) is 0 Å². The van der Waals surface area contributed by atoms with Crippen molar-refractivity contribution >= 4 is 33.1 Å². The van der Waals surface area contributed by atoms with E-state index in [0.717, 1.165) is 10.0 Å². The number of carbonyl (C=O) groups is 1. The molecule has 1 N–H and O–H groups in total. The Hall–Kier alpha value is -2.93. The molecule has 0 amide bonds. The summed E-state index contributed by atoms with van der Waals surface area (Å²) in [6, 6.07) is 11.4. The van der Waals surface area contributed by atoms with Crippen molar-refractivity contribution in [3.8, 4) is 0 Å². The number of fused-ring (bicyclic) bond motifs is 1. The molecule has 0 fully saturated rings. The third-order valence-corrected chi connectivity index (χ3v) is 4.91. The van der Waals surface area contributed by atoms with Gasteiger partial charge >= 0.3 is 5.97 Å². The summed E-state index contributed by atoms with van der Waals surface area (Å²) < 4.78 is 26.4. The van der Waals surface area contributed by atoms with Gasteiger partial charge in [-0.3, -0.25) is 0 Å². The highest BCUT2D eigenvalue weighted by Gasteiger charge is 2.19. The summed E-state index contributed by atoms with van der Waals surface area (Å²) in [5.41, 5.74) is 0.871. The highest BCUT2D eigenvalue weighted by atomic mass is 32.2. The van der Waals surface area contributed by atoms with E-state index in [1.165, 1.54) is 30.6 Å². The van der Waals surface area contributed by atoms with Crippen molar-refractivity contribution in [3.63, 3.8) is 0 Å². The van der Waals surface area contributed by atoms with Gasteiger partial charge in [-0.25, -0.2) is 22.2 Å². The number of hydrogen-bond donors (Lipinski definition) is 1. The van der Waals surface area contributed by atoms with E-state index in [9.17, 15) is 13.2 Å². The Morgan fingerprint density at radius 2 is 1.91 bits per heavy atom. The van der Waals surface area contributed by atoms with Gasteiger partial charge < -0.3 is 5.11 Å². The van der Waals surface area contributed by atoms with Crippen molar-refractivity contribution in [2.24, 2.45) is 0 Å². The number of hydrogen-bond acceptors (Lipinski definition) is 4. The van der Waals surface area contributed by atoms with Crippen LogP contribution in [0.2, 0.25) is 0 Å². The van der Waals surface area contributed by atoms with E-state index >= 15 is 0 Å². The lowest BCUT2D eigenvalue weighted by Gasteiger charge is -2.06. The summed E-state index contributed by atoms with van der Waals surface area (Å²) in [5.74, 6) is -1.06. The molecule has 0 radical (unpaired) electrons. The van der Waals surface area contributed by atoms with Gasteiger partial charge in [-0.15, -0.1) is 0 Å². The highest BCUT2D eigenvalue weighted by molar-refractivity contribution is 7.90. The monoisotopic (exact) mass is 328 g/mol. The molecular weight excluding hydrogens is 316 g/mol. The van der Waals surface area contributed by atoms with E-state index in [1.54, 1.807) is 30.3 Å². The summed E-state index contributed by atoms with van der Waals surface area (Å²) in [4.78, 5) is 14.9. The molecule has 3 aromatic rings. The van der Waals surface area contributed by atoms with E-state index in [0.29, 0.717) is 16.6 Å². The van der Waals surface area contributed by atoms with Crippen molar-refractivity contribution in [2.75, 3.05) is 0 Å². The molecule has 6 nitrogen and oxygen atoms in total. The predicted molar refractivity (Wildman–Crippen MR) is 85.4 cm³/mol. The third kappa shape index (κ3) is 2.86. The Balaban J connectivity index is 2.09. The maximum atomic E-state index is 12.6. The van der Waals surface area contributed by atoms with Gasteiger partial charge in [-0.1, -0.05) is 18.2 Å². The second-order valence-electron chi connectivity index (χ2n) is 4.78. The van der Waals surface area contributed by atoms with Gasteiger partial charge in [0.25, 0.3) is 10.0 Å². The molecule has 3 rings (SSSR count). The fraction of sp³-hybridized carbons (Fsp3) is 0. The van der Waals surface area contributed by atoms with Gasteiger partial charge in [0.15, 0.2) is 5.65 Å². The zero-order valence-corrected chi connectivity index (χ0v) is 12.6. The molecule has 1 aromatic carbocycles. The van der Waals surface area contributed by atoms with Gasteiger partial charge in [-0.2, -0.15) is 0 Å². The smallest absolute Gasteiger partial charge is 0.328 e. The summed E-state index contributed by atoms with van der Waals surface area (Å²) in [7, 11) is -3.72. The third-order valence-electron chi connectivity index (χ3n) is 3.23. The minimum Gasteiger partial charge on any atom is -0.478 e. The fourth-order valence-electron chi connectivity index (χ4n) is 2.18. The van der Waals surface area contributed by atoms with Crippen molar-refractivity contribution in [1.82, 2.24) is 8.96 Å². The first kappa shape index (κ1) is 15.0. The number of carboxylic acids is 1. The summed E-state index contributed by atoms with van der Waals surface area (Å²) >= 11 is 0. The lowest BCUT2D eigenvalue weighted by atomic mass is 10.2. The van der Waals surface area contributed by atoms with E-state index in [1.807, 2.05) is 0 Å². The SMILES string of the molecule is O=C(O)C=Cc1cnc2c(ccn2S(=O)(=O)c2ccccc2)c1. The fourth-order valence-corrected chi connectivity index (χ4v) is 3.51. The molecule has 7 heteroatoms. The Bertz CT molecular complexity index is 1000. The van der Waals surface area contributed by atoms with E-state index in [4.69, 9.17) is 5.11 Å². The lowest BCUT2D eigenvalue weighted by molar-refractivity contribution is -0.131. The molecule has 0 unspecified atom stereocenters. The predicted octanol–water partition coefficient (Wildman–Crippen LogP) is 2.37. The molecular formula is C16H12N2O4S. The quantitative estimate of drug-likeness (QED) is 0.743. The van der Waals surface area contributed by atoms with Crippen molar-refractivity contribution in [3.05, 3.63) is 66.5 Å². The number of pyridine rings is 1. The van der Waals surface area contributed by atoms with Crippen LogP contribution in [-0.2, 0) is 14.8 Å². The minimum atomic E-state index is -3.72. The Labute approximate surface area is 132 Å². The number of nitrogens with zero attached hydrogens (tertiary/aromatic N) is 2. The first-order chi connectivity index (χ1) is 11.0. The van der Waals surface area contributed by atoms with Gasteiger partial charge in [0.2, 0.25) is 0 Å². The summed E-state index contributed by atoms with van der Waals surface area (Å²) in [6.07, 6.45) is 5.27. The normalized spacial score (nSPS) is 12.0. The Morgan fingerprint density at radius 1 is 1.17 bits per heavy atom. The van der Waals surface area contributed by atoms with E-state index in [-0.39, 0.29) is 4.90 Å². The maximum absolute atomic E-state index is 12.6.